The predicted molar refractivity (Wildman–Crippen MR) is 136 cm³/mol. The van der Waals surface area contributed by atoms with E-state index in [1.165, 1.54) is 6.07 Å². The number of hydrogen-bond donors (Lipinski definition) is 1. The normalized spacial score (nSPS) is 16.1. The first-order valence-corrected chi connectivity index (χ1v) is 11.4. The van der Waals surface area contributed by atoms with Gasteiger partial charge in [0.1, 0.15) is 5.82 Å². The number of aryl methyl sites for hydroxylation is 2. The Hall–Kier alpha value is -3.84. The highest BCUT2D eigenvalue weighted by molar-refractivity contribution is 7.80. The Balaban J connectivity index is 1.66. The lowest BCUT2D eigenvalue weighted by Gasteiger charge is -2.37. The van der Waals surface area contributed by atoms with Crippen molar-refractivity contribution in [2.45, 2.75) is 26.8 Å². The zero-order valence-corrected chi connectivity index (χ0v) is 19.9. The van der Waals surface area contributed by atoms with Crippen LogP contribution in [0, 0.1) is 19.7 Å². The van der Waals surface area contributed by atoms with Crippen LogP contribution >= 0.6 is 12.2 Å². The fraction of sp³-hybridized carbons (Fsp3) is 0.148. The molecule has 1 aromatic heterocycles. The van der Waals surface area contributed by atoms with Gasteiger partial charge in [0.2, 0.25) is 5.82 Å². The highest BCUT2D eigenvalue weighted by Crippen LogP contribution is 2.39. The number of nitrogens with zero attached hydrogens (tertiary/aromatic N) is 3. The van der Waals surface area contributed by atoms with Gasteiger partial charge < -0.3 is 9.84 Å². The minimum atomic E-state index is -0.300. The molecule has 0 aliphatic carbocycles. The number of thiocarbonyl (C=S) groups is 1. The van der Waals surface area contributed by atoms with Crippen molar-refractivity contribution in [1.29, 1.82) is 0 Å². The maximum atomic E-state index is 14.4. The van der Waals surface area contributed by atoms with Gasteiger partial charge in [-0.3, -0.25) is 4.90 Å². The SMILES string of the molecule is CC1=C(c2nc(-c3cccc(C)c3)no2)C(c2ccccc2)NC(=S)N1c1ccc(C)c(F)c1. The number of benzene rings is 3. The summed E-state index contributed by atoms with van der Waals surface area (Å²) >= 11 is 5.73. The van der Waals surface area contributed by atoms with E-state index in [0.717, 1.165) is 28.0 Å². The Morgan fingerprint density at radius 3 is 2.50 bits per heavy atom. The molecule has 1 aliphatic rings. The third-order valence-corrected chi connectivity index (χ3v) is 6.26. The first-order valence-electron chi connectivity index (χ1n) is 11.0. The van der Waals surface area contributed by atoms with Crippen molar-refractivity contribution in [2.75, 3.05) is 4.90 Å². The summed E-state index contributed by atoms with van der Waals surface area (Å²) in [5, 5.41) is 8.12. The Kier molecular flexibility index (Phi) is 5.71. The number of nitrogens with one attached hydrogen (secondary N) is 1. The summed E-state index contributed by atoms with van der Waals surface area (Å²) in [6, 6.07) is 22.7. The zero-order chi connectivity index (χ0) is 23.8. The minimum Gasteiger partial charge on any atom is -0.351 e. The number of aromatic nitrogens is 2. The molecule has 2 heterocycles. The molecule has 0 radical (unpaired) electrons. The molecule has 5 nitrogen and oxygen atoms in total. The van der Waals surface area contributed by atoms with Crippen molar-refractivity contribution in [2.24, 2.45) is 0 Å². The zero-order valence-electron chi connectivity index (χ0n) is 19.0. The average molecular weight is 471 g/mol. The number of anilines is 1. The topological polar surface area (TPSA) is 54.2 Å². The molecule has 1 unspecified atom stereocenters. The predicted octanol–water partition coefficient (Wildman–Crippen LogP) is 6.36. The van der Waals surface area contributed by atoms with E-state index in [1.54, 1.807) is 13.0 Å². The number of hydrogen-bond acceptors (Lipinski definition) is 4. The Morgan fingerprint density at radius 2 is 1.76 bits per heavy atom. The van der Waals surface area contributed by atoms with Crippen LogP contribution in [0.1, 0.15) is 35.5 Å². The van der Waals surface area contributed by atoms with Crippen LogP contribution in [-0.2, 0) is 0 Å². The molecule has 170 valence electrons. The summed E-state index contributed by atoms with van der Waals surface area (Å²) in [5.41, 5.74) is 5.76. The molecule has 4 aromatic rings. The van der Waals surface area contributed by atoms with E-state index in [-0.39, 0.29) is 11.9 Å². The lowest BCUT2D eigenvalue weighted by molar-refractivity contribution is 0.404. The number of halogens is 1. The van der Waals surface area contributed by atoms with Gasteiger partial charge in [-0.2, -0.15) is 4.98 Å². The van der Waals surface area contributed by atoms with E-state index in [0.29, 0.717) is 28.1 Å². The molecule has 34 heavy (non-hydrogen) atoms. The van der Waals surface area contributed by atoms with Gasteiger partial charge in [0.25, 0.3) is 5.89 Å². The Labute approximate surface area is 202 Å². The van der Waals surface area contributed by atoms with Crippen LogP contribution in [0.5, 0.6) is 0 Å². The third-order valence-electron chi connectivity index (χ3n) is 5.96. The highest BCUT2D eigenvalue weighted by Gasteiger charge is 2.34. The third kappa shape index (κ3) is 3.99. The van der Waals surface area contributed by atoms with Gasteiger partial charge in [0.05, 0.1) is 17.3 Å². The van der Waals surface area contributed by atoms with Crippen LogP contribution in [0.3, 0.4) is 0 Å². The smallest absolute Gasteiger partial charge is 0.258 e. The quantitative estimate of drug-likeness (QED) is 0.350. The van der Waals surface area contributed by atoms with Crippen LogP contribution in [0.15, 0.2) is 83.0 Å². The van der Waals surface area contributed by atoms with Gasteiger partial charge >= 0.3 is 0 Å². The van der Waals surface area contributed by atoms with Gasteiger partial charge in [0.15, 0.2) is 5.11 Å². The van der Waals surface area contributed by atoms with Crippen molar-refractivity contribution >= 4 is 28.6 Å². The van der Waals surface area contributed by atoms with Gasteiger partial charge in [0, 0.05) is 11.3 Å². The van der Waals surface area contributed by atoms with Crippen LogP contribution in [-0.4, -0.2) is 15.3 Å². The summed E-state index contributed by atoms with van der Waals surface area (Å²) in [5.74, 6) is 0.599. The van der Waals surface area contributed by atoms with Crippen molar-refractivity contribution in [3.05, 3.63) is 107 Å². The second-order valence-electron chi connectivity index (χ2n) is 8.35. The molecule has 1 aliphatic heterocycles. The molecule has 0 amide bonds. The molecule has 5 rings (SSSR count). The minimum absolute atomic E-state index is 0.292. The highest BCUT2D eigenvalue weighted by atomic mass is 32.1. The molecule has 0 fully saturated rings. The van der Waals surface area contributed by atoms with Gasteiger partial charge in [-0.1, -0.05) is 65.3 Å². The molecular formula is C27H23FN4OS. The van der Waals surface area contributed by atoms with Crippen LogP contribution < -0.4 is 10.2 Å². The molecule has 1 atom stereocenters. The maximum absolute atomic E-state index is 14.4. The second kappa shape index (κ2) is 8.83. The first-order chi connectivity index (χ1) is 16.4. The van der Waals surface area contributed by atoms with Crippen molar-refractivity contribution in [3.8, 4) is 11.4 Å². The largest absolute Gasteiger partial charge is 0.351 e. The van der Waals surface area contributed by atoms with Crippen LogP contribution in [0.4, 0.5) is 10.1 Å². The van der Waals surface area contributed by atoms with Gasteiger partial charge in [-0.05, 0) is 62.3 Å². The lowest BCUT2D eigenvalue weighted by atomic mass is 9.94. The molecule has 7 heteroatoms. The molecular weight excluding hydrogens is 447 g/mol. The van der Waals surface area contributed by atoms with Crippen molar-refractivity contribution < 1.29 is 8.91 Å². The summed E-state index contributed by atoms with van der Waals surface area (Å²) in [7, 11) is 0. The standard InChI is InChI=1S/C27H23FN4OS/c1-16-8-7-11-20(14-16)25-30-26(33-31-25)23-18(3)32(21-13-12-17(2)22(28)15-21)27(34)29-24(23)19-9-5-4-6-10-19/h4-15,24H,1-3H3,(H,29,34). The average Bonchev–Trinajstić information content (AvgIpc) is 3.31. The fourth-order valence-corrected chi connectivity index (χ4v) is 4.54. The van der Waals surface area contributed by atoms with Crippen molar-refractivity contribution in [1.82, 2.24) is 15.5 Å². The monoisotopic (exact) mass is 470 g/mol. The molecule has 0 saturated carbocycles. The van der Waals surface area contributed by atoms with Gasteiger partial charge in [-0.25, -0.2) is 4.39 Å². The summed E-state index contributed by atoms with van der Waals surface area (Å²) < 4.78 is 20.2. The van der Waals surface area contributed by atoms with Crippen LogP contribution in [0.25, 0.3) is 17.0 Å². The van der Waals surface area contributed by atoms with E-state index >= 15 is 0 Å². The lowest BCUT2D eigenvalue weighted by Crippen LogP contribution is -2.46. The number of rotatable bonds is 4. The van der Waals surface area contributed by atoms with E-state index in [4.69, 9.17) is 21.7 Å². The Morgan fingerprint density at radius 1 is 0.971 bits per heavy atom. The van der Waals surface area contributed by atoms with Crippen LogP contribution in [0.2, 0.25) is 0 Å². The van der Waals surface area contributed by atoms with E-state index in [9.17, 15) is 4.39 Å². The van der Waals surface area contributed by atoms with E-state index in [2.05, 4.69) is 10.5 Å². The Bertz CT molecular complexity index is 1410. The molecule has 3 aromatic carbocycles. The molecule has 1 N–H and O–H groups in total. The molecule has 0 spiro atoms. The summed E-state index contributed by atoms with van der Waals surface area (Å²) in [6.45, 7) is 5.69. The summed E-state index contributed by atoms with van der Waals surface area (Å²) in [6.07, 6.45) is 0. The van der Waals surface area contributed by atoms with Crippen molar-refractivity contribution in [3.63, 3.8) is 0 Å². The maximum Gasteiger partial charge on any atom is 0.258 e. The molecule has 0 saturated heterocycles. The van der Waals surface area contributed by atoms with E-state index in [1.807, 2.05) is 79.4 Å². The summed E-state index contributed by atoms with van der Waals surface area (Å²) in [4.78, 5) is 6.55. The molecule has 0 bridgehead atoms. The second-order valence-corrected chi connectivity index (χ2v) is 8.74. The van der Waals surface area contributed by atoms with E-state index < -0.39 is 0 Å². The number of allylic oxidation sites excluding steroid dienone is 1. The fourth-order valence-electron chi connectivity index (χ4n) is 4.18. The first kappa shape index (κ1) is 22.0. The van der Waals surface area contributed by atoms with Gasteiger partial charge in [-0.15, -0.1) is 0 Å².